The summed E-state index contributed by atoms with van der Waals surface area (Å²) in [5, 5.41) is 3.62. The van der Waals surface area contributed by atoms with Crippen LogP contribution in [0.25, 0.3) is 0 Å². The molecule has 0 aromatic heterocycles. The average molecular weight is 230 g/mol. The van der Waals surface area contributed by atoms with Crippen LogP contribution in [0.15, 0.2) is 18.2 Å². The molecule has 0 saturated carbocycles. The van der Waals surface area contributed by atoms with Gasteiger partial charge in [-0.05, 0) is 25.1 Å². The zero-order valence-corrected chi connectivity index (χ0v) is 9.06. The third kappa shape index (κ3) is 2.68. The van der Waals surface area contributed by atoms with Gasteiger partial charge in [-0.2, -0.15) is 0 Å². The van der Waals surface area contributed by atoms with Gasteiger partial charge in [0, 0.05) is 17.1 Å². The Balaban J connectivity index is 1.97. The number of ether oxygens (including phenoxy) is 1. The van der Waals surface area contributed by atoms with Crippen molar-refractivity contribution in [3.8, 4) is 0 Å². The standard InChI is InChI=1S/C11H13ClFNO/c12-10-2-1-3-11(13)9(10)7-15-8-4-5-14-6-8/h1-3,8,14H,4-7H2. The predicted molar refractivity (Wildman–Crippen MR) is 57.5 cm³/mol. The quantitative estimate of drug-likeness (QED) is 0.859. The number of hydrogen-bond acceptors (Lipinski definition) is 2. The second-order valence-electron chi connectivity index (χ2n) is 3.63. The van der Waals surface area contributed by atoms with Gasteiger partial charge >= 0.3 is 0 Å². The Kier molecular flexibility index (Phi) is 3.57. The van der Waals surface area contributed by atoms with Crippen molar-refractivity contribution in [1.82, 2.24) is 5.32 Å². The van der Waals surface area contributed by atoms with Crippen molar-refractivity contribution in [2.75, 3.05) is 13.1 Å². The number of benzene rings is 1. The molecule has 1 aliphatic heterocycles. The van der Waals surface area contributed by atoms with Gasteiger partial charge in [-0.1, -0.05) is 17.7 Å². The van der Waals surface area contributed by atoms with Gasteiger partial charge in [0.05, 0.1) is 12.7 Å². The highest BCUT2D eigenvalue weighted by molar-refractivity contribution is 6.31. The van der Waals surface area contributed by atoms with E-state index in [1.54, 1.807) is 12.1 Å². The Labute approximate surface area is 93.4 Å². The van der Waals surface area contributed by atoms with Crippen molar-refractivity contribution in [1.29, 1.82) is 0 Å². The van der Waals surface area contributed by atoms with Gasteiger partial charge in [-0.3, -0.25) is 0 Å². The van der Waals surface area contributed by atoms with E-state index in [4.69, 9.17) is 16.3 Å². The van der Waals surface area contributed by atoms with Crippen molar-refractivity contribution in [3.63, 3.8) is 0 Å². The SMILES string of the molecule is Fc1cccc(Cl)c1COC1CCNC1. The summed E-state index contributed by atoms with van der Waals surface area (Å²) in [6.45, 7) is 2.06. The molecule has 0 radical (unpaired) electrons. The van der Waals surface area contributed by atoms with Crippen molar-refractivity contribution >= 4 is 11.6 Å². The zero-order chi connectivity index (χ0) is 10.7. The average Bonchev–Trinajstić information content (AvgIpc) is 2.70. The molecule has 1 aliphatic rings. The van der Waals surface area contributed by atoms with Crippen LogP contribution in [0.4, 0.5) is 4.39 Å². The lowest BCUT2D eigenvalue weighted by Gasteiger charge is -2.11. The van der Waals surface area contributed by atoms with E-state index >= 15 is 0 Å². The predicted octanol–water partition coefficient (Wildman–Crippen LogP) is 2.36. The minimum Gasteiger partial charge on any atom is -0.372 e. The molecular formula is C11H13ClFNO. The van der Waals surface area contributed by atoms with Gasteiger partial charge in [-0.15, -0.1) is 0 Å². The van der Waals surface area contributed by atoms with Gasteiger partial charge in [0.2, 0.25) is 0 Å². The van der Waals surface area contributed by atoms with E-state index in [1.165, 1.54) is 6.07 Å². The minimum absolute atomic E-state index is 0.181. The Bertz CT molecular complexity index is 319. The molecule has 1 N–H and O–H groups in total. The molecule has 82 valence electrons. The highest BCUT2D eigenvalue weighted by atomic mass is 35.5. The van der Waals surface area contributed by atoms with Crippen LogP contribution >= 0.6 is 11.6 Å². The Morgan fingerprint density at radius 2 is 2.40 bits per heavy atom. The molecule has 2 nitrogen and oxygen atoms in total. The maximum atomic E-state index is 13.3. The lowest BCUT2D eigenvalue weighted by atomic mass is 10.2. The molecule has 1 atom stereocenters. The van der Waals surface area contributed by atoms with Crippen LogP contribution in [0, 0.1) is 5.82 Å². The lowest BCUT2D eigenvalue weighted by Crippen LogP contribution is -2.16. The minimum atomic E-state index is -0.298. The molecule has 1 fully saturated rings. The van der Waals surface area contributed by atoms with E-state index in [-0.39, 0.29) is 18.5 Å². The maximum Gasteiger partial charge on any atom is 0.130 e. The van der Waals surface area contributed by atoms with Crippen LogP contribution in [0.1, 0.15) is 12.0 Å². The molecule has 2 rings (SSSR count). The molecule has 1 saturated heterocycles. The van der Waals surface area contributed by atoms with Crippen LogP contribution in [0.5, 0.6) is 0 Å². The van der Waals surface area contributed by atoms with E-state index in [9.17, 15) is 4.39 Å². The first kappa shape index (κ1) is 10.9. The second-order valence-corrected chi connectivity index (χ2v) is 4.03. The monoisotopic (exact) mass is 229 g/mol. The zero-order valence-electron chi connectivity index (χ0n) is 8.30. The summed E-state index contributed by atoms with van der Waals surface area (Å²) in [5.41, 5.74) is 0.450. The van der Waals surface area contributed by atoms with Crippen LogP contribution in [-0.4, -0.2) is 19.2 Å². The Morgan fingerprint density at radius 3 is 3.07 bits per heavy atom. The van der Waals surface area contributed by atoms with Crippen molar-refractivity contribution < 1.29 is 9.13 Å². The molecule has 1 aromatic carbocycles. The van der Waals surface area contributed by atoms with Crippen molar-refractivity contribution in [2.24, 2.45) is 0 Å². The van der Waals surface area contributed by atoms with E-state index in [2.05, 4.69) is 5.32 Å². The van der Waals surface area contributed by atoms with Gasteiger partial charge in [0.15, 0.2) is 0 Å². The fraction of sp³-hybridized carbons (Fsp3) is 0.455. The fourth-order valence-corrected chi connectivity index (χ4v) is 1.86. The van der Waals surface area contributed by atoms with E-state index < -0.39 is 0 Å². The first-order chi connectivity index (χ1) is 7.27. The summed E-state index contributed by atoms with van der Waals surface area (Å²) in [6, 6.07) is 4.67. The summed E-state index contributed by atoms with van der Waals surface area (Å²) in [4.78, 5) is 0. The molecule has 0 aliphatic carbocycles. The topological polar surface area (TPSA) is 21.3 Å². The van der Waals surface area contributed by atoms with Gasteiger partial charge in [0.25, 0.3) is 0 Å². The summed E-state index contributed by atoms with van der Waals surface area (Å²) in [7, 11) is 0. The largest absolute Gasteiger partial charge is 0.372 e. The Hall–Kier alpha value is -0.640. The van der Waals surface area contributed by atoms with Crippen LogP contribution in [0.2, 0.25) is 5.02 Å². The van der Waals surface area contributed by atoms with Crippen LogP contribution < -0.4 is 5.32 Å². The lowest BCUT2D eigenvalue weighted by molar-refractivity contribution is 0.0526. The van der Waals surface area contributed by atoms with Gasteiger partial charge in [-0.25, -0.2) is 4.39 Å². The number of hydrogen-bond donors (Lipinski definition) is 1. The smallest absolute Gasteiger partial charge is 0.130 e. The molecule has 15 heavy (non-hydrogen) atoms. The van der Waals surface area contributed by atoms with E-state index in [0.717, 1.165) is 19.5 Å². The third-order valence-corrected chi connectivity index (χ3v) is 2.89. The normalized spacial score (nSPS) is 20.8. The number of rotatable bonds is 3. The third-order valence-electron chi connectivity index (χ3n) is 2.54. The summed E-state index contributed by atoms with van der Waals surface area (Å²) in [5.74, 6) is -0.298. The summed E-state index contributed by atoms with van der Waals surface area (Å²) >= 11 is 5.88. The Morgan fingerprint density at radius 1 is 1.53 bits per heavy atom. The maximum absolute atomic E-state index is 13.3. The summed E-state index contributed by atoms with van der Waals surface area (Å²) < 4.78 is 18.9. The van der Waals surface area contributed by atoms with Gasteiger partial charge in [0.1, 0.15) is 5.82 Å². The van der Waals surface area contributed by atoms with E-state index in [1.807, 2.05) is 0 Å². The molecule has 1 aromatic rings. The first-order valence-corrected chi connectivity index (χ1v) is 5.40. The molecule has 1 unspecified atom stereocenters. The van der Waals surface area contributed by atoms with Crippen LogP contribution in [0.3, 0.4) is 0 Å². The number of halogens is 2. The molecule has 1 heterocycles. The fourth-order valence-electron chi connectivity index (χ4n) is 1.64. The second kappa shape index (κ2) is 4.92. The number of nitrogens with one attached hydrogen (secondary N) is 1. The van der Waals surface area contributed by atoms with Crippen molar-refractivity contribution in [3.05, 3.63) is 34.6 Å². The first-order valence-electron chi connectivity index (χ1n) is 5.02. The van der Waals surface area contributed by atoms with Gasteiger partial charge < -0.3 is 10.1 Å². The highest BCUT2D eigenvalue weighted by Crippen LogP contribution is 2.20. The van der Waals surface area contributed by atoms with Crippen molar-refractivity contribution in [2.45, 2.75) is 19.1 Å². The van der Waals surface area contributed by atoms with E-state index in [0.29, 0.717) is 10.6 Å². The summed E-state index contributed by atoms with van der Waals surface area (Å²) in [6.07, 6.45) is 1.16. The molecule has 4 heteroatoms. The molecule has 0 spiro atoms. The highest BCUT2D eigenvalue weighted by Gasteiger charge is 2.16. The van der Waals surface area contributed by atoms with Crippen LogP contribution in [-0.2, 0) is 11.3 Å². The molecule has 0 bridgehead atoms. The molecule has 0 amide bonds. The molecular weight excluding hydrogens is 217 g/mol.